The normalized spacial score (nSPS) is 11.8. The Bertz CT molecular complexity index is 1050. The first-order chi connectivity index (χ1) is 17.9. The van der Waals surface area contributed by atoms with Crippen LogP contribution in [0.2, 0.25) is 0 Å². The van der Waals surface area contributed by atoms with E-state index in [1.54, 1.807) is 31.2 Å². The number of aliphatic carboxylic acids is 1. The maximum absolute atomic E-state index is 12.3. The van der Waals surface area contributed by atoms with E-state index < -0.39 is 5.97 Å². The summed E-state index contributed by atoms with van der Waals surface area (Å²) in [6.45, 7) is 11.7. The first kappa shape index (κ1) is 30.9. The van der Waals surface area contributed by atoms with Crippen LogP contribution in [-0.4, -0.2) is 72.6 Å². The number of carbonyl (C=O) groups excluding carboxylic acids is 2. The molecule has 0 fully saturated rings. The van der Waals surface area contributed by atoms with Crippen molar-refractivity contribution in [3.63, 3.8) is 0 Å². The van der Waals surface area contributed by atoms with E-state index in [1.165, 1.54) is 0 Å². The fourth-order valence-corrected chi connectivity index (χ4v) is 4.43. The minimum atomic E-state index is -0.833. The minimum absolute atomic E-state index is 0.0668. The Morgan fingerprint density at radius 2 is 1.45 bits per heavy atom. The Labute approximate surface area is 223 Å². The molecule has 0 aliphatic carbocycles. The minimum Gasteiger partial charge on any atom is -0.481 e. The molecule has 0 saturated heterocycles. The zero-order valence-electron chi connectivity index (χ0n) is 23.0. The number of carbonyl (C=O) groups is 3. The lowest BCUT2D eigenvalue weighted by atomic mass is 9.72. The van der Waals surface area contributed by atoms with Crippen molar-refractivity contribution in [2.75, 3.05) is 39.5 Å². The zero-order chi connectivity index (χ0) is 28.2. The number of aryl methyl sites for hydroxylation is 1. The van der Waals surface area contributed by atoms with E-state index in [-0.39, 0.29) is 29.1 Å². The van der Waals surface area contributed by atoms with Gasteiger partial charge in [0.1, 0.15) is 0 Å². The summed E-state index contributed by atoms with van der Waals surface area (Å²) in [5.41, 5.74) is 0.558. The number of ether oxygens (including phenoxy) is 2. The second-order valence-corrected chi connectivity index (χ2v) is 10.8. The van der Waals surface area contributed by atoms with E-state index in [0.29, 0.717) is 69.7 Å². The van der Waals surface area contributed by atoms with Gasteiger partial charge in [-0.1, -0.05) is 27.7 Å². The molecule has 0 radical (unpaired) electrons. The van der Waals surface area contributed by atoms with Gasteiger partial charge in [-0.3, -0.25) is 14.4 Å². The predicted molar refractivity (Wildman–Crippen MR) is 141 cm³/mol. The highest BCUT2D eigenvalue weighted by atomic mass is 16.5. The number of rotatable bonds is 17. The molecule has 210 valence electrons. The third-order valence-corrected chi connectivity index (χ3v) is 5.62. The van der Waals surface area contributed by atoms with Crippen LogP contribution >= 0.6 is 0 Å². The molecular weight excluding hydrogens is 492 g/mol. The standard InChI is InChI=1S/C27H40N4O7/c1-19-30-31-25(38-19)21-8-6-20(7-9-21)24(35)29-11-13-37-15-14-36-12-10-28-22(32)16-26(2,3)18-27(4,5)17-23(33)34/h6-9H,10-18H2,1-5H3,(H,28,32)(H,29,35)(H,33,34). The number of hydrogen-bond acceptors (Lipinski definition) is 8. The monoisotopic (exact) mass is 532 g/mol. The van der Waals surface area contributed by atoms with E-state index in [1.807, 2.05) is 27.7 Å². The molecule has 0 aliphatic heterocycles. The molecular formula is C27H40N4O7. The molecule has 0 aliphatic rings. The van der Waals surface area contributed by atoms with E-state index in [4.69, 9.17) is 19.0 Å². The maximum atomic E-state index is 12.3. The van der Waals surface area contributed by atoms with Gasteiger partial charge in [-0.15, -0.1) is 10.2 Å². The summed E-state index contributed by atoms with van der Waals surface area (Å²) in [7, 11) is 0. The predicted octanol–water partition coefficient (Wildman–Crippen LogP) is 3.23. The molecule has 2 rings (SSSR count). The fraction of sp³-hybridized carbons (Fsp3) is 0.593. The molecule has 11 heteroatoms. The lowest BCUT2D eigenvalue weighted by molar-refractivity contribution is -0.139. The highest BCUT2D eigenvalue weighted by Gasteiger charge is 2.32. The summed E-state index contributed by atoms with van der Waals surface area (Å²) < 4.78 is 16.3. The molecule has 3 N–H and O–H groups in total. The van der Waals surface area contributed by atoms with Gasteiger partial charge in [0.05, 0.1) is 32.8 Å². The molecule has 1 aromatic heterocycles. The van der Waals surface area contributed by atoms with E-state index in [2.05, 4.69) is 20.8 Å². The van der Waals surface area contributed by atoms with Gasteiger partial charge >= 0.3 is 5.97 Å². The van der Waals surface area contributed by atoms with Crippen LogP contribution in [0.25, 0.3) is 11.5 Å². The molecule has 0 unspecified atom stereocenters. The lowest BCUT2D eigenvalue weighted by Crippen LogP contribution is -2.34. The average Bonchev–Trinajstić information content (AvgIpc) is 3.24. The Balaban J connectivity index is 1.50. The van der Waals surface area contributed by atoms with Crippen LogP contribution in [0, 0.1) is 17.8 Å². The van der Waals surface area contributed by atoms with Crippen LogP contribution in [0.4, 0.5) is 0 Å². The highest BCUT2D eigenvalue weighted by Crippen LogP contribution is 2.38. The summed E-state index contributed by atoms with van der Waals surface area (Å²) in [5, 5.41) is 22.4. The Kier molecular flexibility index (Phi) is 11.9. The first-order valence-electron chi connectivity index (χ1n) is 12.7. The molecule has 1 aromatic carbocycles. The molecule has 0 bridgehead atoms. The van der Waals surface area contributed by atoms with Crippen molar-refractivity contribution < 1.29 is 33.4 Å². The Morgan fingerprint density at radius 3 is 2.00 bits per heavy atom. The number of hydrogen-bond donors (Lipinski definition) is 3. The number of carboxylic acids is 1. The third kappa shape index (κ3) is 11.8. The number of aromatic nitrogens is 2. The number of carboxylic acid groups (broad SMARTS) is 1. The molecule has 0 atom stereocenters. The Morgan fingerprint density at radius 1 is 0.868 bits per heavy atom. The molecule has 38 heavy (non-hydrogen) atoms. The highest BCUT2D eigenvalue weighted by molar-refractivity contribution is 5.94. The average molecular weight is 533 g/mol. The number of nitrogens with zero attached hydrogens (tertiary/aromatic N) is 2. The molecule has 2 aromatic rings. The van der Waals surface area contributed by atoms with Crippen molar-refractivity contribution in [2.45, 2.75) is 53.9 Å². The van der Waals surface area contributed by atoms with Gasteiger partial charge in [0.15, 0.2) is 0 Å². The SMILES string of the molecule is Cc1nnc(-c2ccc(C(=O)NCCOCCOCCNC(=O)CC(C)(C)CC(C)(C)CC(=O)O)cc2)o1. The number of benzene rings is 1. The lowest BCUT2D eigenvalue weighted by Gasteiger charge is -2.33. The molecule has 11 nitrogen and oxygen atoms in total. The Hall–Kier alpha value is -3.31. The summed E-state index contributed by atoms with van der Waals surface area (Å²) in [6.07, 6.45) is 1.01. The van der Waals surface area contributed by atoms with Crippen molar-refractivity contribution >= 4 is 17.8 Å². The van der Waals surface area contributed by atoms with E-state index in [9.17, 15) is 14.4 Å². The molecule has 1 heterocycles. The van der Waals surface area contributed by atoms with Gasteiger partial charge in [-0.25, -0.2) is 0 Å². The van der Waals surface area contributed by atoms with Crippen LogP contribution in [0.15, 0.2) is 28.7 Å². The van der Waals surface area contributed by atoms with Crippen molar-refractivity contribution in [3.05, 3.63) is 35.7 Å². The zero-order valence-corrected chi connectivity index (χ0v) is 23.0. The van der Waals surface area contributed by atoms with Crippen molar-refractivity contribution in [2.24, 2.45) is 10.8 Å². The first-order valence-corrected chi connectivity index (χ1v) is 12.7. The van der Waals surface area contributed by atoms with Crippen LogP contribution in [0.5, 0.6) is 0 Å². The second kappa shape index (κ2) is 14.6. The molecule has 0 spiro atoms. The molecule has 2 amide bonds. The van der Waals surface area contributed by atoms with Gasteiger partial charge in [-0.2, -0.15) is 0 Å². The van der Waals surface area contributed by atoms with Gasteiger partial charge in [-0.05, 0) is 41.5 Å². The van der Waals surface area contributed by atoms with Crippen molar-refractivity contribution in [1.82, 2.24) is 20.8 Å². The van der Waals surface area contributed by atoms with Gasteiger partial charge in [0, 0.05) is 37.6 Å². The maximum Gasteiger partial charge on any atom is 0.303 e. The molecule has 0 saturated carbocycles. The van der Waals surface area contributed by atoms with Gasteiger partial charge in [0.2, 0.25) is 17.7 Å². The van der Waals surface area contributed by atoms with E-state index in [0.717, 1.165) is 5.56 Å². The van der Waals surface area contributed by atoms with Crippen molar-refractivity contribution in [1.29, 1.82) is 0 Å². The van der Waals surface area contributed by atoms with E-state index >= 15 is 0 Å². The van der Waals surface area contributed by atoms with Crippen LogP contribution in [0.1, 0.15) is 63.2 Å². The second-order valence-electron chi connectivity index (χ2n) is 10.8. The summed E-state index contributed by atoms with van der Waals surface area (Å²) in [5.74, 6) is -0.241. The smallest absolute Gasteiger partial charge is 0.303 e. The van der Waals surface area contributed by atoms with Crippen LogP contribution in [0.3, 0.4) is 0 Å². The quantitative estimate of drug-likeness (QED) is 0.261. The third-order valence-electron chi connectivity index (χ3n) is 5.62. The van der Waals surface area contributed by atoms with Crippen LogP contribution < -0.4 is 10.6 Å². The van der Waals surface area contributed by atoms with Gasteiger partial charge in [0.25, 0.3) is 5.91 Å². The number of amides is 2. The fourth-order valence-electron chi connectivity index (χ4n) is 4.43. The summed E-state index contributed by atoms with van der Waals surface area (Å²) in [6, 6.07) is 6.89. The summed E-state index contributed by atoms with van der Waals surface area (Å²) >= 11 is 0. The largest absolute Gasteiger partial charge is 0.481 e. The van der Waals surface area contributed by atoms with Gasteiger partial charge < -0.3 is 29.6 Å². The van der Waals surface area contributed by atoms with Crippen LogP contribution in [-0.2, 0) is 19.1 Å². The summed E-state index contributed by atoms with van der Waals surface area (Å²) in [4.78, 5) is 35.5. The van der Waals surface area contributed by atoms with Crippen molar-refractivity contribution in [3.8, 4) is 11.5 Å². The number of nitrogens with one attached hydrogen (secondary N) is 2. The topological polar surface area (TPSA) is 153 Å².